The lowest BCUT2D eigenvalue weighted by Crippen LogP contribution is -1.97. The summed E-state index contributed by atoms with van der Waals surface area (Å²) in [6, 6.07) is 4.76. The molecular weight excluding hydrogens is 269 g/mol. The predicted octanol–water partition coefficient (Wildman–Crippen LogP) is 2.47. The van der Waals surface area contributed by atoms with E-state index in [1.165, 1.54) is 12.3 Å². The number of benzene rings is 1. The van der Waals surface area contributed by atoms with Gasteiger partial charge in [0, 0.05) is 5.02 Å². The van der Waals surface area contributed by atoms with E-state index in [-0.39, 0.29) is 5.82 Å². The molecule has 84 valence electrons. The molecule has 0 amide bonds. The molecule has 0 spiro atoms. The van der Waals surface area contributed by atoms with E-state index >= 15 is 0 Å². The van der Waals surface area contributed by atoms with Crippen LogP contribution in [0.25, 0.3) is 0 Å². The number of nitrogens with one attached hydrogen (secondary N) is 1. The van der Waals surface area contributed by atoms with Gasteiger partial charge in [-0.15, -0.1) is 0 Å². The van der Waals surface area contributed by atoms with Crippen molar-refractivity contribution in [2.75, 3.05) is 5.73 Å². The molecule has 0 saturated heterocycles. The fourth-order valence-electron chi connectivity index (χ4n) is 1.18. The Morgan fingerprint density at radius 1 is 1.31 bits per heavy atom. The maximum Gasteiger partial charge on any atom is 0.135 e. The average molecular weight is 276 g/mol. The minimum Gasteiger partial charge on any atom is -0.383 e. The molecule has 0 saturated carbocycles. The number of hydrogen-bond acceptors (Lipinski definition) is 3. The lowest BCUT2D eigenvalue weighted by atomic mass is 10.4. The van der Waals surface area contributed by atoms with Crippen molar-refractivity contribution in [3.8, 4) is 0 Å². The summed E-state index contributed by atoms with van der Waals surface area (Å²) in [5.74, 6) is 0.268. The zero-order valence-corrected chi connectivity index (χ0v) is 10.2. The Labute approximate surface area is 104 Å². The molecule has 2 rings (SSSR count). The number of nitrogen functional groups attached to an aromatic ring is 1. The number of aromatic amines is 1. The summed E-state index contributed by atoms with van der Waals surface area (Å²) in [5.41, 5.74) is 5.58. The summed E-state index contributed by atoms with van der Waals surface area (Å²) in [7, 11) is -1.46. The van der Waals surface area contributed by atoms with Crippen LogP contribution in [0, 0.1) is 0 Å². The molecule has 1 aromatic heterocycles. The van der Waals surface area contributed by atoms with Crippen molar-refractivity contribution in [3.05, 3.63) is 34.4 Å². The highest BCUT2D eigenvalue weighted by molar-refractivity contribution is 7.85. The van der Waals surface area contributed by atoms with Gasteiger partial charge in [-0.25, -0.2) is 4.21 Å². The average Bonchev–Trinajstić information content (AvgIpc) is 2.63. The summed E-state index contributed by atoms with van der Waals surface area (Å²) in [6.45, 7) is 0. The second-order valence-electron chi connectivity index (χ2n) is 2.99. The third kappa shape index (κ3) is 2.07. The molecule has 0 aliphatic heterocycles. The first-order valence-corrected chi connectivity index (χ1v) is 6.16. The minimum absolute atomic E-state index is 0.268. The Morgan fingerprint density at radius 2 is 2.06 bits per heavy atom. The molecule has 0 fully saturated rings. The summed E-state index contributed by atoms with van der Waals surface area (Å²) in [4.78, 5) is 0.864. The van der Waals surface area contributed by atoms with E-state index in [0.717, 1.165) is 0 Å². The van der Waals surface area contributed by atoms with Crippen molar-refractivity contribution in [2.24, 2.45) is 0 Å². The zero-order valence-electron chi connectivity index (χ0n) is 7.91. The first-order chi connectivity index (χ1) is 7.59. The van der Waals surface area contributed by atoms with Crippen LogP contribution in [0.2, 0.25) is 10.0 Å². The summed E-state index contributed by atoms with van der Waals surface area (Å²) in [5, 5.41) is 7.05. The van der Waals surface area contributed by atoms with Crippen molar-refractivity contribution in [1.29, 1.82) is 0 Å². The molecule has 0 bridgehead atoms. The topological polar surface area (TPSA) is 71.8 Å². The number of anilines is 1. The van der Waals surface area contributed by atoms with Crippen molar-refractivity contribution in [2.45, 2.75) is 9.79 Å². The fraction of sp³-hybridized carbons (Fsp3) is 0. The second kappa shape index (κ2) is 4.45. The molecule has 1 heterocycles. The molecule has 0 aliphatic rings. The lowest BCUT2D eigenvalue weighted by molar-refractivity contribution is 0.683. The monoisotopic (exact) mass is 275 g/mol. The Morgan fingerprint density at radius 3 is 2.62 bits per heavy atom. The van der Waals surface area contributed by atoms with Gasteiger partial charge in [0.2, 0.25) is 0 Å². The van der Waals surface area contributed by atoms with Gasteiger partial charge >= 0.3 is 0 Å². The van der Waals surface area contributed by atoms with Gasteiger partial charge in [0.25, 0.3) is 0 Å². The van der Waals surface area contributed by atoms with Gasteiger partial charge in [0.05, 0.1) is 26.9 Å². The molecule has 0 radical (unpaired) electrons. The Balaban J connectivity index is 2.46. The van der Waals surface area contributed by atoms with E-state index in [9.17, 15) is 4.21 Å². The van der Waals surface area contributed by atoms with Gasteiger partial charge in [-0.3, -0.25) is 5.10 Å². The number of halogens is 2. The van der Waals surface area contributed by atoms with Crippen LogP contribution >= 0.6 is 23.2 Å². The maximum atomic E-state index is 12.1. The smallest absolute Gasteiger partial charge is 0.135 e. The van der Waals surface area contributed by atoms with Crippen LogP contribution in [0.3, 0.4) is 0 Å². The summed E-state index contributed by atoms with van der Waals surface area (Å²) >= 11 is 11.7. The van der Waals surface area contributed by atoms with E-state index in [4.69, 9.17) is 28.9 Å². The van der Waals surface area contributed by atoms with Crippen LogP contribution in [-0.2, 0) is 10.8 Å². The lowest BCUT2D eigenvalue weighted by Gasteiger charge is -2.03. The van der Waals surface area contributed by atoms with Crippen LogP contribution in [0.1, 0.15) is 0 Å². The molecule has 2 aromatic rings. The molecule has 4 nitrogen and oxygen atoms in total. The fourth-order valence-corrected chi connectivity index (χ4v) is 2.85. The van der Waals surface area contributed by atoms with Gasteiger partial charge in [0.15, 0.2) is 0 Å². The number of hydrogen-bond donors (Lipinski definition) is 2. The Hall–Kier alpha value is -1.04. The normalized spacial score (nSPS) is 12.6. The first kappa shape index (κ1) is 11.4. The molecule has 3 N–H and O–H groups in total. The Kier molecular flexibility index (Phi) is 3.18. The first-order valence-electron chi connectivity index (χ1n) is 4.25. The highest BCUT2D eigenvalue weighted by Gasteiger charge is 2.15. The van der Waals surface area contributed by atoms with Gasteiger partial charge < -0.3 is 5.73 Å². The SMILES string of the molecule is Nc1[nH]ncc1S(=O)c1ccc(Cl)cc1Cl. The van der Waals surface area contributed by atoms with E-state index in [2.05, 4.69) is 10.2 Å². The van der Waals surface area contributed by atoms with Crippen LogP contribution in [0.15, 0.2) is 34.2 Å². The predicted molar refractivity (Wildman–Crippen MR) is 64.1 cm³/mol. The zero-order chi connectivity index (χ0) is 11.7. The number of aromatic nitrogens is 2. The van der Waals surface area contributed by atoms with Crippen LogP contribution in [0.5, 0.6) is 0 Å². The molecule has 1 aromatic carbocycles. The molecule has 7 heteroatoms. The van der Waals surface area contributed by atoms with E-state index < -0.39 is 10.8 Å². The van der Waals surface area contributed by atoms with Crippen molar-refractivity contribution in [1.82, 2.24) is 10.2 Å². The van der Waals surface area contributed by atoms with Crippen molar-refractivity contribution < 1.29 is 4.21 Å². The van der Waals surface area contributed by atoms with Crippen LogP contribution in [0.4, 0.5) is 5.82 Å². The van der Waals surface area contributed by atoms with Crippen LogP contribution in [-0.4, -0.2) is 14.4 Å². The number of nitrogens with two attached hydrogens (primary N) is 1. The third-order valence-electron chi connectivity index (χ3n) is 1.93. The van der Waals surface area contributed by atoms with E-state index in [1.807, 2.05) is 0 Å². The van der Waals surface area contributed by atoms with Crippen molar-refractivity contribution in [3.63, 3.8) is 0 Å². The van der Waals surface area contributed by atoms with E-state index in [1.54, 1.807) is 12.1 Å². The maximum absolute atomic E-state index is 12.1. The summed E-state index contributed by atoms with van der Waals surface area (Å²) in [6.07, 6.45) is 1.41. The second-order valence-corrected chi connectivity index (χ2v) is 5.25. The minimum atomic E-state index is -1.46. The van der Waals surface area contributed by atoms with Crippen molar-refractivity contribution >= 4 is 39.8 Å². The summed E-state index contributed by atoms with van der Waals surface area (Å²) < 4.78 is 12.1. The molecule has 0 aliphatic carbocycles. The van der Waals surface area contributed by atoms with Gasteiger partial charge in [0.1, 0.15) is 10.7 Å². The molecular formula is C9H7Cl2N3OS. The largest absolute Gasteiger partial charge is 0.383 e. The van der Waals surface area contributed by atoms with Crippen LogP contribution < -0.4 is 5.73 Å². The highest BCUT2D eigenvalue weighted by Crippen LogP contribution is 2.28. The van der Waals surface area contributed by atoms with Gasteiger partial charge in [-0.05, 0) is 18.2 Å². The van der Waals surface area contributed by atoms with Gasteiger partial charge in [-0.1, -0.05) is 23.2 Å². The number of nitrogens with zero attached hydrogens (tertiary/aromatic N) is 1. The molecule has 16 heavy (non-hydrogen) atoms. The Bertz CT molecular complexity index is 555. The third-order valence-corrected chi connectivity index (χ3v) is 4.07. The van der Waals surface area contributed by atoms with E-state index in [0.29, 0.717) is 19.8 Å². The van der Waals surface area contributed by atoms with Gasteiger partial charge in [-0.2, -0.15) is 5.10 Å². The quantitative estimate of drug-likeness (QED) is 0.885. The molecule has 1 unspecified atom stereocenters. The number of rotatable bonds is 2. The number of H-pyrrole nitrogens is 1. The highest BCUT2D eigenvalue weighted by atomic mass is 35.5. The standard InChI is InChI=1S/C9H7Cl2N3OS/c10-5-1-2-7(6(11)3-5)16(15)8-4-13-14-9(8)12/h1-4H,(H3,12,13,14). The molecule has 1 atom stereocenters.